The van der Waals surface area contributed by atoms with Gasteiger partial charge in [0.25, 0.3) is 5.91 Å². The zero-order valence-electron chi connectivity index (χ0n) is 16.9. The molecule has 1 saturated heterocycles. The minimum absolute atomic E-state index is 0.0335. The number of para-hydroxylation sites is 1. The Hall–Kier alpha value is -2.96. The summed E-state index contributed by atoms with van der Waals surface area (Å²) in [6.07, 6.45) is 4.39. The van der Waals surface area contributed by atoms with Crippen LogP contribution in [-0.2, 0) is 17.8 Å². The molecule has 4 rings (SSSR count). The number of nitrogens with zero attached hydrogens (tertiary/aromatic N) is 4. The van der Waals surface area contributed by atoms with Gasteiger partial charge in [0.05, 0.1) is 18.4 Å². The van der Waals surface area contributed by atoms with E-state index in [-0.39, 0.29) is 11.8 Å². The predicted octanol–water partition coefficient (Wildman–Crippen LogP) is 2.41. The molecule has 7 nitrogen and oxygen atoms in total. The highest BCUT2D eigenvalue weighted by Gasteiger charge is 2.28. The first-order valence-electron chi connectivity index (χ1n) is 10.1. The van der Waals surface area contributed by atoms with Gasteiger partial charge in [-0.2, -0.15) is 0 Å². The highest BCUT2D eigenvalue weighted by atomic mass is 16.5. The smallest absolute Gasteiger partial charge is 0.257 e. The lowest BCUT2D eigenvalue weighted by Gasteiger charge is -2.32. The van der Waals surface area contributed by atoms with Crippen LogP contribution in [0.4, 0.5) is 0 Å². The van der Waals surface area contributed by atoms with E-state index >= 15 is 0 Å². The van der Waals surface area contributed by atoms with Gasteiger partial charge in [-0.25, -0.2) is 9.97 Å². The van der Waals surface area contributed by atoms with Gasteiger partial charge < -0.3 is 14.5 Å². The van der Waals surface area contributed by atoms with Gasteiger partial charge in [0.1, 0.15) is 11.6 Å². The molecule has 0 saturated carbocycles. The third kappa shape index (κ3) is 3.95. The lowest BCUT2D eigenvalue weighted by molar-refractivity contribution is -0.129. The van der Waals surface area contributed by atoms with Crippen molar-refractivity contribution < 1.29 is 14.3 Å². The molecule has 152 valence electrons. The maximum atomic E-state index is 13.0. The van der Waals surface area contributed by atoms with Crippen LogP contribution in [0.2, 0.25) is 0 Å². The van der Waals surface area contributed by atoms with Crippen LogP contribution in [-0.4, -0.2) is 58.3 Å². The monoisotopic (exact) mass is 394 g/mol. The van der Waals surface area contributed by atoms with E-state index in [1.807, 2.05) is 28.1 Å². The van der Waals surface area contributed by atoms with Crippen LogP contribution in [0.15, 0.2) is 30.5 Å². The molecule has 0 N–H and O–H groups in total. The van der Waals surface area contributed by atoms with E-state index in [1.54, 1.807) is 26.2 Å². The first kappa shape index (κ1) is 19.4. The summed E-state index contributed by atoms with van der Waals surface area (Å²) in [6, 6.07) is 7.30. The van der Waals surface area contributed by atoms with Gasteiger partial charge in [0, 0.05) is 57.2 Å². The van der Waals surface area contributed by atoms with Crippen molar-refractivity contribution in [2.45, 2.75) is 38.6 Å². The number of likely N-dealkylation sites (tertiary alicyclic amines) is 1. The summed E-state index contributed by atoms with van der Waals surface area (Å²) in [4.78, 5) is 37.6. The van der Waals surface area contributed by atoms with Gasteiger partial charge in [0.2, 0.25) is 5.91 Å². The number of benzene rings is 1. The largest absolute Gasteiger partial charge is 0.496 e. The summed E-state index contributed by atoms with van der Waals surface area (Å²) < 4.78 is 5.34. The lowest BCUT2D eigenvalue weighted by Crippen LogP contribution is -2.38. The number of fused-ring (bicyclic) bond motifs is 1. The van der Waals surface area contributed by atoms with Crippen molar-refractivity contribution in [3.8, 4) is 5.75 Å². The van der Waals surface area contributed by atoms with Crippen molar-refractivity contribution in [1.29, 1.82) is 0 Å². The van der Waals surface area contributed by atoms with Gasteiger partial charge in [-0.3, -0.25) is 9.59 Å². The fourth-order valence-corrected chi connectivity index (χ4v) is 4.15. The van der Waals surface area contributed by atoms with Crippen molar-refractivity contribution >= 4 is 11.8 Å². The first-order valence-corrected chi connectivity index (χ1v) is 10.1. The Morgan fingerprint density at radius 3 is 2.59 bits per heavy atom. The van der Waals surface area contributed by atoms with E-state index in [2.05, 4.69) is 4.98 Å². The van der Waals surface area contributed by atoms with E-state index in [4.69, 9.17) is 9.72 Å². The maximum Gasteiger partial charge on any atom is 0.257 e. The molecule has 2 amide bonds. The molecule has 0 bridgehead atoms. The number of rotatable bonds is 3. The van der Waals surface area contributed by atoms with Crippen LogP contribution < -0.4 is 4.74 Å². The number of carbonyl (C=O) groups is 2. The fraction of sp³-hybridized carbons (Fsp3) is 0.455. The summed E-state index contributed by atoms with van der Waals surface area (Å²) in [5, 5.41) is 0. The molecule has 1 aromatic carbocycles. The second-order valence-electron chi connectivity index (χ2n) is 7.66. The number of aromatic nitrogens is 2. The third-order valence-corrected chi connectivity index (χ3v) is 5.88. The number of amides is 2. The molecule has 2 aromatic rings. The Morgan fingerprint density at radius 1 is 1.10 bits per heavy atom. The Morgan fingerprint density at radius 2 is 1.86 bits per heavy atom. The highest BCUT2D eigenvalue weighted by molar-refractivity contribution is 5.97. The van der Waals surface area contributed by atoms with Crippen LogP contribution in [0.3, 0.4) is 0 Å². The van der Waals surface area contributed by atoms with Crippen LogP contribution in [0.1, 0.15) is 53.1 Å². The van der Waals surface area contributed by atoms with Crippen molar-refractivity contribution in [2.24, 2.45) is 0 Å². The molecule has 29 heavy (non-hydrogen) atoms. The van der Waals surface area contributed by atoms with E-state index < -0.39 is 0 Å². The van der Waals surface area contributed by atoms with Crippen LogP contribution >= 0.6 is 0 Å². The summed E-state index contributed by atoms with van der Waals surface area (Å²) in [5.74, 6) is 1.86. The van der Waals surface area contributed by atoms with Crippen molar-refractivity contribution in [3.63, 3.8) is 0 Å². The van der Waals surface area contributed by atoms with E-state index in [0.29, 0.717) is 30.3 Å². The average Bonchev–Trinajstić information content (AvgIpc) is 2.78. The first-order chi connectivity index (χ1) is 14.1. The normalized spacial score (nSPS) is 17.0. The molecule has 0 atom stereocenters. The lowest BCUT2D eigenvalue weighted by atomic mass is 9.95. The molecule has 2 aliphatic heterocycles. The SMILES string of the molecule is COc1ccccc1C(=O)N1CCc2nc(C3CCN(C(C)=O)CC3)ncc2C1. The van der Waals surface area contributed by atoms with Crippen LogP contribution in [0, 0.1) is 0 Å². The topological polar surface area (TPSA) is 75.6 Å². The van der Waals surface area contributed by atoms with Gasteiger partial charge in [0.15, 0.2) is 0 Å². The average molecular weight is 394 g/mol. The zero-order valence-corrected chi connectivity index (χ0v) is 16.9. The summed E-state index contributed by atoms with van der Waals surface area (Å²) in [6.45, 7) is 4.29. The van der Waals surface area contributed by atoms with E-state index in [1.165, 1.54) is 0 Å². The highest BCUT2D eigenvalue weighted by Crippen LogP contribution is 2.28. The van der Waals surface area contributed by atoms with Gasteiger partial charge in [-0.15, -0.1) is 0 Å². The fourth-order valence-electron chi connectivity index (χ4n) is 4.15. The third-order valence-electron chi connectivity index (χ3n) is 5.88. The molecule has 0 aliphatic carbocycles. The standard InChI is InChI=1S/C22H26N4O3/c1-15(27)25-10-7-16(8-11-25)21-23-13-17-14-26(12-9-19(17)24-21)22(28)18-5-3-4-6-20(18)29-2/h3-6,13,16H,7-12,14H2,1-2H3. The van der Waals surface area contributed by atoms with E-state index in [9.17, 15) is 9.59 Å². The Labute approximate surface area is 170 Å². The number of methoxy groups -OCH3 is 1. The van der Waals surface area contributed by atoms with E-state index in [0.717, 1.165) is 49.4 Å². The molecule has 0 radical (unpaired) electrons. The van der Waals surface area contributed by atoms with Crippen LogP contribution in [0.25, 0.3) is 0 Å². The number of ether oxygens (including phenoxy) is 1. The van der Waals surface area contributed by atoms with Crippen molar-refractivity contribution in [2.75, 3.05) is 26.7 Å². The molecule has 7 heteroatoms. The van der Waals surface area contributed by atoms with Gasteiger partial charge in [-0.05, 0) is 25.0 Å². The number of piperidine rings is 1. The number of hydrogen-bond donors (Lipinski definition) is 0. The zero-order chi connectivity index (χ0) is 20.4. The van der Waals surface area contributed by atoms with Crippen molar-refractivity contribution in [3.05, 3.63) is 53.1 Å². The molecule has 0 spiro atoms. The summed E-state index contributed by atoms with van der Waals surface area (Å²) in [5.41, 5.74) is 2.62. The quantitative estimate of drug-likeness (QED) is 0.799. The minimum Gasteiger partial charge on any atom is -0.496 e. The number of hydrogen-bond acceptors (Lipinski definition) is 5. The molecule has 1 aromatic heterocycles. The maximum absolute atomic E-state index is 13.0. The van der Waals surface area contributed by atoms with Gasteiger partial charge in [-0.1, -0.05) is 12.1 Å². The van der Waals surface area contributed by atoms with Crippen molar-refractivity contribution in [1.82, 2.24) is 19.8 Å². The van der Waals surface area contributed by atoms with Crippen LogP contribution in [0.5, 0.6) is 5.75 Å². The van der Waals surface area contributed by atoms with Gasteiger partial charge >= 0.3 is 0 Å². The second kappa shape index (κ2) is 8.19. The Bertz CT molecular complexity index is 922. The second-order valence-corrected chi connectivity index (χ2v) is 7.66. The molecule has 1 fully saturated rings. The predicted molar refractivity (Wildman–Crippen MR) is 108 cm³/mol. The molecular weight excluding hydrogens is 368 g/mol. The molecule has 0 unspecified atom stereocenters. The molecular formula is C22H26N4O3. The Kier molecular flexibility index (Phi) is 5.47. The minimum atomic E-state index is -0.0335. The summed E-state index contributed by atoms with van der Waals surface area (Å²) in [7, 11) is 1.58. The molecule has 3 heterocycles. The molecule has 2 aliphatic rings. The number of carbonyl (C=O) groups excluding carboxylic acids is 2. The summed E-state index contributed by atoms with van der Waals surface area (Å²) >= 11 is 0. The Balaban J connectivity index is 1.46.